The lowest BCUT2D eigenvalue weighted by atomic mass is 11.2. The summed E-state index contributed by atoms with van der Waals surface area (Å²) in [5.41, 5.74) is 0. The summed E-state index contributed by atoms with van der Waals surface area (Å²) in [6, 6.07) is 0. The number of hydrogen-bond donors (Lipinski definition) is 0. The van der Waals surface area contributed by atoms with Crippen molar-refractivity contribution >= 4 is 53.3 Å². The molecule has 0 unspecified atom stereocenters. The molecule has 0 rings (SSSR count). The van der Waals surface area contributed by atoms with Crippen LogP contribution in [0, 0.1) is 0 Å². The Morgan fingerprint density at radius 1 is 0.191 bits per heavy atom. The van der Waals surface area contributed by atoms with E-state index in [0.717, 1.165) is 0 Å². The summed E-state index contributed by atoms with van der Waals surface area (Å²) < 4.78 is 70.3. The lowest BCUT2D eigenvalue weighted by molar-refractivity contribution is -0.00100. The average molecular weight is 1120 g/mol. The van der Waals surface area contributed by atoms with Gasteiger partial charge in [0.1, 0.15) is 0 Å². The first-order valence-electron chi connectivity index (χ1n) is 21.7. The van der Waals surface area contributed by atoms with E-state index in [2.05, 4.69) is 338 Å². The van der Waals surface area contributed by atoms with Gasteiger partial charge in [-0.15, -0.1) is 14.0 Å². The number of nitrogens with zero attached hydrogens (tertiary/aromatic N) is 23. The minimum atomic E-state index is -3.43. The van der Waals surface area contributed by atoms with E-state index in [4.69, 9.17) is 22.6 Å². The molecule has 32 heteroatoms. The fourth-order valence-corrected chi connectivity index (χ4v) is 42.4. The molecule has 0 aromatic heterocycles. The molecule has 416 valence electrons. The van der Waals surface area contributed by atoms with Gasteiger partial charge in [0.15, 0.2) is 0 Å². The normalized spacial score (nSPS) is 14.3. The minimum absolute atomic E-state index is 0. The van der Waals surface area contributed by atoms with Crippen LogP contribution in [0.25, 0.3) is 0 Å². The Bertz CT molecular complexity index is 1430. The van der Waals surface area contributed by atoms with Crippen molar-refractivity contribution in [1.82, 2.24) is 84.1 Å². The van der Waals surface area contributed by atoms with E-state index in [0.29, 0.717) is 0 Å². The van der Waals surface area contributed by atoms with Gasteiger partial charge >= 0.3 is 15.7 Å². The lowest BCUT2D eigenvalue weighted by Gasteiger charge is -2.44. The highest BCUT2D eigenvalue weighted by molar-refractivity contribution is 7.88. The largest absolute Gasteiger partial charge is 1.00 e. The summed E-state index contributed by atoms with van der Waals surface area (Å²) in [5.74, 6) is 0. The molecule has 0 saturated carbocycles. The van der Waals surface area contributed by atoms with E-state index < -0.39 is 53.3 Å². The monoisotopic (exact) mass is 1120 g/mol. The molecule has 0 aromatic carbocycles. The highest BCUT2D eigenvalue weighted by atomic mass is 31.3. The van der Waals surface area contributed by atoms with Crippen molar-refractivity contribution in [2.45, 2.75) is 0 Å². The van der Waals surface area contributed by atoms with Crippen LogP contribution in [0.1, 0.15) is 0 Å². The van der Waals surface area contributed by atoms with Crippen LogP contribution in [-0.4, -0.2) is 338 Å². The third kappa shape index (κ3) is 15.2. The molecule has 0 bridgehead atoms. The van der Waals surface area contributed by atoms with E-state index in [1.165, 1.54) is 0 Å². The first kappa shape index (κ1) is 75.7. The van der Waals surface area contributed by atoms with E-state index in [9.17, 15) is 0 Å². The van der Waals surface area contributed by atoms with Crippen molar-refractivity contribution in [3.63, 3.8) is 0 Å². The summed E-state index contributed by atoms with van der Waals surface area (Å²) in [5, 5.41) is 0. The second kappa shape index (κ2) is 29.4. The molecule has 68 heavy (non-hydrogen) atoms. The molecule has 23 nitrogen and oxygen atoms in total. The van der Waals surface area contributed by atoms with Gasteiger partial charge in [0.25, 0.3) is 0 Å². The van der Waals surface area contributed by atoms with Crippen molar-refractivity contribution in [2.75, 3.05) is 254 Å². The van der Waals surface area contributed by atoms with Crippen LogP contribution in [0.3, 0.4) is 0 Å². The first-order chi connectivity index (χ1) is 29.5. The predicted molar refractivity (Wildman–Crippen MR) is 307 cm³/mol. The van der Waals surface area contributed by atoms with Gasteiger partial charge in [0.05, 0.1) is 0 Å². The maximum atomic E-state index is 6.08. The van der Waals surface area contributed by atoms with Crippen molar-refractivity contribution in [3.05, 3.63) is 0 Å². The number of hydrogen-bond acceptors (Lipinski definition) is 8. The molecule has 0 heterocycles. The van der Waals surface area contributed by atoms with E-state index in [1.54, 1.807) is 0 Å². The highest BCUT2D eigenvalue weighted by Gasteiger charge is 2.57. The fraction of sp³-hybridized carbons (Fsp3) is 1.00. The van der Waals surface area contributed by atoms with Gasteiger partial charge in [0.2, 0.25) is 37.5 Å². The van der Waals surface area contributed by atoms with Crippen LogP contribution < -0.4 is 9.41 Å². The Balaban J connectivity index is -0.000000748. The van der Waals surface area contributed by atoms with Gasteiger partial charge < -0.3 is 9.41 Å². The predicted octanol–water partition coefficient (Wildman–Crippen LogP) is 1.18. The van der Waals surface area contributed by atoms with E-state index >= 15 is 0 Å². The molecule has 0 aromatic rings. The van der Waals surface area contributed by atoms with Crippen LogP contribution in [0.5, 0.6) is 0 Å². The second-order valence-electron chi connectivity index (χ2n) is 19.5. The number of halogens is 2. The van der Waals surface area contributed by atoms with Crippen LogP contribution in [0.15, 0.2) is 22.6 Å². The molecule has 0 amide bonds. The van der Waals surface area contributed by atoms with Crippen molar-refractivity contribution in [3.8, 4) is 0 Å². The van der Waals surface area contributed by atoms with Gasteiger partial charge in [-0.1, -0.05) is 0 Å². The minimum Gasteiger partial charge on any atom is -1.00 e. The van der Waals surface area contributed by atoms with Gasteiger partial charge in [-0.2, -0.15) is 0 Å². The summed E-state index contributed by atoms with van der Waals surface area (Å²) in [6.45, 7) is 0. The van der Waals surface area contributed by atoms with Crippen LogP contribution in [0.4, 0.5) is 0 Å². The summed E-state index contributed by atoms with van der Waals surface area (Å²) in [7, 11) is 58.3. The van der Waals surface area contributed by atoms with E-state index in [-0.39, 0.29) is 9.41 Å². The average Bonchev–Trinajstić information content (AvgIpc) is 3.12. The third-order valence-corrected chi connectivity index (χ3v) is 39.8. The quantitative estimate of drug-likeness (QED) is 0.136. The molecule has 0 aliphatic rings. The Morgan fingerprint density at radius 3 is 0.382 bits per heavy atom. The third-order valence-electron chi connectivity index (χ3n) is 10.9. The zero-order valence-electron chi connectivity index (χ0n) is 50.2. The van der Waals surface area contributed by atoms with Gasteiger partial charge in [-0.05, 0) is 234 Å². The second-order valence-corrected chi connectivity index (χ2v) is 44.9. The Labute approximate surface area is 421 Å². The zero-order valence-corrected chi connectivity index (χ0v) is 56.4. The summed E-state index contributed by atoms with van der Waals surface area (Å²) >= 11 is 0. The molecular formula is C36H108F2N23P7. The molecule has 0 radical (unpaired) electrons. The molecule has 0 spiro atoms. The summed E-state index contributed by atoms with van der Waals surface area (Å²) in [6.07, 6.45) is 0. The maximum Gasteiger partial charge on any atom is 0.502 e. The summed E-state index contributed by atoms with van der Waals surface area (Å²) in [4.78, 5) is 0. The molecule has 0 aliphatic heterocycles. The zero-order chi connectivity index (χ0) is 53.4. The smallest absolute Gasteiger partial charge is 0.502 e. The Kier molecular flexibility index (Phi) is 32.8. The van der Waals surface area contributed by atoms with Crippen LogP contribution in [0.2, 0.25) is 0 Å². The molecular weight excluding hydrogens is 1010 g/mol. The molecule has 0 N–H and O–H groups in total. The van der Waals surface area contributed by atoms with Crippen LogP contribution in [-0.2, 0) is 0 Å². The van der Waals surface area contributed by atoms with Crippen molar-refractivity contribution in [2.24, 2.45) is 22.6 Å². The van der Waals surface area contributed by atoms with Gasteiger partial charge in [-0.25, -0.2) is 70.1 Å². The molecule has 0 fully saturated rings. The Morgan fingerprint density at radius 2 is 0.294 bits per heavy atom. The highest BCUT2D eigenvalue weighted by Crippen LogP contribution is 2.86. The van der Waals surface area contributed by atoms with E-state index in [1.807, 2.05) is 0 Å². The lowest BCUT2D eigenvalue weighted by Crippen LogP contribution is -3.00. The van der Waals surface area contributed by atoms with Gasteiger partial charge in [0, 0.05) is 42.3 Å². The molecule has 0 saturated heterocycles. The van der Waals surface area contributed by atoms with Crippen molar-refractivity contribution in [1.29, 1.82) is 0 Å². The fourth-order valence-electron chi connectivity index (χ4n) is 8.79. The standard InChI is InChI=1S/C24H72N16P5.C12H36N7P2.2FH/c1-29(2)42(30(3)4,31(5)6)25-41(26-43(32(7)8,33(9)10)34(11)12,27-44(35(13)14,36(15)16)37(17)18)28-45(38(19)20,39(21)22)40(23)24;1-14(2)20(15(3)4,16(5)6)13-21(17(7)8,18(9)10)19(11)12;;/h1-24H3;1-12H3;2*1H/q2*+1;;/p-2. The molecule has 0 aliphatic carbocycles. The maximum absolute atomic E-state index is 6.08. The van der Waals surface area contributed by atoms with Crippen molar-refractivity contribution < 1.29 is 9.41 Å². The number of rotatable bonds is 23. The SMILES string of the molecule is CN(C)P(=N[P+](N(C)C)(N(C)C)N(C)C)(N(C)C)N(C)C.CN(C)P(=N[P+](N=P(N(C)C)(N(C)C)N(C)C)(N=P(N(C)C)(N(C)C)N(C)C)N=P(N(C)C)(N(C)C)N(C)C)(N(C)C)N(C)C.[F-].[F-]. The Hall–Kier alpha value is 1.15. The first-order valence-corrected chi connectivity index (χ1v) is 32.9. The topological polar surface area (TPSA) is 120 Å². The van der Waals surface area contributed by atoms with Gasteiger partial charge in [-0.3, -0.25) is 0 Å². The molecule has 0 atom stereocenters. The van der Waals surface area contributed by atoms with Crippen LogP contribution >= 0.6 is 53.3 Å².